The molecule has 2 heterocycles. The molecule has 0 saturated heterocycles. The lowest BCUT2D eigenvalue weighted by Crippen LogP contribution is -2.40. The summed E-state index contributed by atoms with van der Waals surface area (Å²) in [6.45, 7) is 4.83. The molecule has 2 aromatic carbocycles. The highest BCUT2D eigenvalue weighted by molar-refractivity contribution is 5.66. The Morgan fingerprint density at radius 2 is 1.85 bits per heavy atom. The summed E-state index contributed by atoms with van der Waals surface area (Å²) in [4.78, 5) is 2.62. The molecule has 2 aromatic rings. The number of aryl methyl sites for hydroxylation is 1. The summed E-state index contributed by atoms with van der Waals surface area (Å²) in [6, 6.07) is 18.0. The number of hydrogen-bond donors (Lipinski definition) is 0. The van der Waals surface area contributed by atoms with Gasteiger partial charge in [-0.05, 0) is 35.4 Å². The molecule has 20 heavy (non-hydrogen) atoms. The summed E-state index contributed by atoms with van der Waals surface area (Å²) < 4.78 is 0. The Balaban J connectivity index is 1.89. The summed E-state index contributed by atoms with van der Waals surface area (Å²) >= 11 is 0. The highest BCUT2D eigenvalue weighted by Gasteiger charge is 2.34. The molecule has 0 fully saturated rings. The Hall–Kier alpha value is -1.76. The molecule has 4 rings (SSSR count). The second kappa shape index (κ2) is 4.66. The van der Waals surface area contributed by atoms with Gasteiger partial charge >= 0.3 is 0 Å². The largest absolute Gasteiger partial charge is 0.371 e. The van der Waals surface area contributed by atoms with E-state index in [-0.39, 0.29) is 0 Å². The SMILES string of the molecule is C[C@H]1CN2CCCc3cccc(c32)[C@@H]1c1ccccc1. The van der Waals surface area contributed by atoms with Crippen LogP contribution < -0.4 is 4.90 Å². The van der Waals surface area contributed by atoms with Gasteiger partial charge < -0.3 is 4.90 Å². The molecule has 2 aliphatic rings. The van der Waals surface area contributed by atoms with Crippen molar-refractivity contribution in [2.45, 2.75) is 25.7 Å². The molecule has 0 bridgehead atoms. The average molecular weight is 263 g/mol. The van der Waals surface area contributed by atoms with Crippen molar-refractivity contribution in [1.82, 2.24) is 0 Å². The van der Waals surface area contributed by atoms with Gasteiger partial charge in [-0.1, -0.05) is 55.5 Å². The van der Waals surface area contributed by atoms with E-state index in [0.29, 0.717) is 11.8 Å². The second-order valence-corrected chi connectivity index (χ2v) is 6.27. The fourth-order valence-electron chi connectivity index (χ4n) is 4.13. The minimum absolute atomic E-state index is 0.556. The minimum Gasteiger partial charge on any atom is -0.371 e. The van der Waals surface area contributed by atoms with Crippen molar-refractivity contribution < 1.29 is 0 Å². The number of para-hydroxylation sites is 1. The topological polar surface area (TPSA) is 3.24 Å². The van der Waals surface area contributed by atoms with Crippen molar-refractivity contribution in [1.29, 1.82) is 0 Å². The van der Waals surface area contributed by atoms with Gasteiger partial charge in [-0.3, -0.25) is 0 Å². The van der Waals surface area contributed by atoms with Crippen LogP contribution in [0.4, 0.5) is 5.69 Å². The highest BCUT2D eigenvalue weighted by atomic mass is 15.1. The Kier molecular flexibility index (Phi) is 2.80. The van der Waals surface area contributed by atoms with Gasteiger partial charge in [-0.15, -0.1) is 0 Å². The maximum Gasteiger partial charge on any atom is 0.0437 e. The molecule has 0 amide bonds. The van der Waals surface area contributed by atoms with Gasteiger partial charge in [0.25, 0.3) is 0 Å². The molecule has 0 aliphatic carbocycles. The normalized spacial score (nSPS) is 24.4. The third-order valence-corrected chi connectivity index (χ3v) is 4.91. The molecule has 2 atom stereocenters. The van der Waals surface area contributed by atoms with Crippen LogP contribution in [0.1, 0.15) is 36.0 Å². The molecular weight excluding hydrogens is 242 g/mol. The van der Waals surface area contributed by atoms with E-state index in [1.54, 1.807) is 16.8 Å². The third kappa shape index (κ3) is 1.76. The zero-order valence-corrected chi connectivity index (χ0v) is 12.0. The number of rotatable bonds is 1. The second-order valence-electron chi connectivity index (χ2n) is 6.27. The van der Waals surface area contributed by atoms with Gasteiger partial charge in [0.2, 0.25) is 0 Å². The van der Waals surface area contributed by atoms with Gasteiger partial charge in [0.1, 0.15) is 0 Å². The Morgan fingerprint density at radius 1 is 1.00 bits per heavy atom. The van der Waals surface area contributed by atoms with Crippen molar-refractivity contribution in [3.63, 3.8) is 0 Å². The van der Waals surface area contributed by atoms with Gasteiger partial charge in [-0.2, -0.15) is 0 Å². The number of anilines is 1. The summed E-state index contributed by atoms with van der Waals surface area (Å²) in [5.74, 6) is 1.23. The molecule has 1 nitrogen and oxygen atoms in total. The number of benzene rings is 2. The molecule has 0 N–H and O–H groups in total. The van der Waals surface area contributed by atoms with Crippen LogP contribution in [0.5, 0.6) is 0 Å². The molecule has 0 spiro atoms. The third-order valence-electron chi connectivity index (χ3n) is 4.91. The van der Waals surface area contributed by atoms with Crippen LogP contribution in [0.15, 0.2) is 48.5 Å². The van der Waals surface area contributed by atoms with Crippen LogP contribution in [-0.2, 0) is 6.42 Å². The van der Waals surface area contributed by atoms with Crippen molar-refractivity contribution in [3.8, 4) is 0 Å². The lowest BCUT2D eigenvalue weighted by atomic mass is 9.76. The average Bonchev–Trinajstić information content (AvgIpc) is 2.49. The summed E-state index contributed by atoms with van der Waals surface area (Å²) in [5.41, 5.74) is 6.12. The lowest BCUT2D eigenvalue weighted by molar-refractivity contribution is 0.465. The predicted octanol–water partition coefficient (Wildman–Crippen LogP) is 4.22. The van der Waals surface area contributed by atoms with Crippen molar-refractivity contribution >= 4 is 5.69 Å². The Morgan fingerprint density at radius 3 is 2.70 bits per heavy atom. The predicted molar refractivity (Wildman–Crippen MR) is 84.4 cm³/mol. The van der Waals surface area contributed by atoms with E-state index in [2.05, 4.69) is 60.4 Å². The van der Waals surface area contributed by atoms with E-state index >= 15 is 0 Å². The smallest absolute Gasteiger partial charge is 0.0437 e. The standard InChI is InChI=1S/C19H21N/c1-14-13-20-12-6-10-16-9-5-11-17(19(16)20)18(14)15-7-3-2-4-8-15/h2-5,7-9,11,14,18H,6,10,12-13H2,1H3/t14-,18-/m0/s1. The van der Waals surface area contributed by atoms with Gasteiger partial charge in [-0.25, -0.2) is 0 Å². The first-order valence-corrected chi connectivity index (χ1v) is 7.76. The van der Waals surface area contributed by atoms with Gasteiger partial charge in [0, 0.05) is 24.7 Å². The zero-order chi connectivity index (χ0) is 13.5. The summed E-state index contributed by atoms with van der Waals surface area (Å²) in [5, 5.41) is 0. The molecule has 0 unspecified atom stereocenters. The molecule has 2 aliphatic heterocycles. The monoisotopic (exact) mass is 263 g/mol. The summed E-state index contributed by atoms with van der Waals surface area (Å²) in [7, 11) is 0. The first kappa shape index (κ1) is 12.0. The molecule has 0 radical (unpaired) electrons. The van der Waals surface area contributed by atoms with E-state index in [0.717, 1.165) is 0 Å². The first-order chi connectivity index (χ1) is 9.84. The number of hydrogen-bond acceptors (Lipinski definition) is 1. The molecule has 1 heteroatoms. The Bertz CT molecular complexity index is 617. The molecule has 0 aromatic heterocycles. The maximum atomic E-state index is 2.62. The van der Waals surface area contributed by atoms with E-state index in [1.165, 1.54) is 31.5 Å². The van der Waals surface area contributed by atoms with Crippen LogP contribution >= 0.6 is 0 Å². The van der Waals surface area contributed by atoms with Crippen molar-refractivity contribution in [2.24, 2.45) is 5.92 Å². The van der Waals surface area contributed by atoms with Crippen LogP contribution in [-0.4, -0.2) is 13.1 Å². The number of nitrogens with zero attached hydrogens (tertiary/aromatic N) is 1. The van der Waals surface area contributed by atoms with Crippen molar-refractivity contribution in [3.05, 3.63) is 65.2 Å². The van der Waals surface area contributed by atoms with E-state index in [9.17, 15) is 0 Å². The van der Waals surface area contributed by atoms with Crippen LogP contribution in [0.25, 0.3) is 0 Å². The van der Waals surface area contributed by atoms with Gasteiger partial charge in [0.05, 0.1) is 0 Å². The fourth-order valence-corrected chi connectivity index (χ4v) is 4.13. The van der Waals surface area contributed by atoms with E-state index < -0.39 is 0 Å². The molecular formula is C19H21N. The van der Waals surface area contributed by atoms with Crippen LogP contribution in [0, 0.1) is 5.92 Å². The maximum absolute atomic E-state index is 2.62. The minimum atomic E-state index is 0.556. The van der Waals surface area contributed by atoms with Crippen LogP contribution in [0.2, 0.25) is 0 Å². The highest BCUT2D eigenvalue weighted by Crippen LogP contribution is 2.45. The van der Waals surface area contributed by atoms with Gasteiger partial charge in [0.15, 0.2) is 0 Å². The zero-order valence-electron chi connectivity index (χ0n) is 12.0. The molecule has 0 saturated carbocycles. The van der Waals surface area contributed by atoms with E-state index in [4.69, 9.17) is 0 Å². The summed E-state index contributed by atoms with van der Waals surface area (Å²) in [6.07, 6.45) is 2.55. The quantitative estimate of drug-likeness (QED) is 0.744. The molecule has 102 valence electrons. The van der Waals surface area contributed by atoms with E-state index in [1.807, 2.05) is 0 Å². The first-order valence-electron chi connectivity index (χ1n) is 7.76. The van der Waals surface area contributed by atoms with Crippen LogP contribution in [0.3, 0.4) is 0 Å². The Labute approximate surface area is 121 Å². The van der Waals surface area contributed by atoms with Crippen molar-refractivity contribution in [2.75, 3.05) is 18.0 Å². The fraction of sp³-hybridized carbons (Fsp3) is 0.368. The lowest BCUT2D eigenvalue weighted by Gasteiger charge is -2.43.